The summed E-state index contributed by atoms with van der Waals surface area (Å²) in [5.74, 6) is 0. The highest BCUT2D eigenvalue weighted by Crippen LogP contribution is 2.42. The molecule has 0 bridgehead atoms. The van der Waals surface area contributed by atoms with Gasteiger partial charge >= 0.3 is 7.60 Å². The van der Waals surface area contributed by atoms with Crippen LogP contribution in [0.4, 0.5) is 0 Å². The monoisotopic (exact) mass is 188 g/mol. The first-order chi connectivity index (χ1) is 4.21. The van der Waals surface area contributed by atoms with Crippen LogP contribution in [0.1, 0.15) is 0 Å². The molecule has 0 radical (unpaired) electrons. The average molecular weight is 188 g/mol. The van der Waals surface area contributed by atoms with E-state index in [0.717, 1.165) is 6.66 Å². The summed E-state index contributed by atoms with van der Waals surface area (Å²) in [5.41, 5.74) is 0. The van der Waals surface area contributed by atoms with Gasteiger partial charge in [-0.3, -0.25) is 9.13 Å². The second-order valence-electron chi connectivity index (χ2n) is 2.16. The summed E-state index contributed by atoms with van der Waals surface area (Å²) in [6, 6.07) is 0. The molecule has 0 rings (SSSR count). The Labute approximate surface area is 58.7 Å². The lowest BCUT2D eigenvalue weighted by Gasteiger charge is -2.05. The molecule has 7 heteroatoms. The van der Waals surface area contributed by atoms with Crippen molar-refractivity contribution >= 4 is 15.0 Å². The van der Waals surface area contributed by atoms with E-state index in [-0.39, 0.29) is 6.16 Å². The second-order valence-corrected chi connectivity index (χ2v) is 6.49. The van der Waals surface area contributed by atoms with Crippen LogP contribution in [0.3, 0.4) is 0 Å². The van der Waals surface area contributed by atoms with Gasteiger partial charge in [-0.1, -0.05) is 0 Å². The van der Waals surface area contributed by atoms with Crippen LogP contribution in [0, 0.1) is 0 Å². The van der Waals surface area contributed by atoms with Crippen molar-refractivity contribution < 1.29 is 23.8 Å². The van der Waals surface area contributed by atoms with Crippen LogP contribution in [-0.2, 0) is 9.13 Å². The van der Waals surface area contributed by atoms with Gasteiger partial charge in [0.1, 0.15) is 0 Å². The molecule has 3 N–H and O–H groups in total. The molecule has 0 aromatic heterocycles. The SMILES string of the molecule is CP(=O)(O)CCP(=O)(O)O. The predicted octanol–water partition coefficient (Wildman–Crippen LogP) is 0.0643. The molecule has 10 heavy (non-hydrogen) atoms. The van der Waals surface area contributed by atoms with E-state index in [1.807, 2.05) is 0 Å². The molecule has 0 fully saturated rings. The van der Waals surface area contributed by atoms with Crippen molar-refractivity contribution in [1.82, 2.24) is 0 Å². The smallest absolute Gasteiger partial charge is 0.326 e. The Morgan fingerprint density at radius 3 is 1.60 bits per heavy atom. The van der Waals surface area contributed by atoms with Gasteiger partial charge in [-0.15, -0.1) is 0 Å². The molecule has 0 aliphatic heterocycles. The van der Waals surface area contributed by atoms with Gasteiger partial charge in [-0.2, -0.15) is 0 Å². The van der Waals surface area contributed by atoms with Crippen LogP contribution in [-0.4, -0.2) is 33.7 Å². The van der Waals surface area contributed by atoms with Gasteiger partial charge in [-0.25, -0.2) is 0 Å². The van der Waals surface area contributed by atoms with Gasteiger partial charge < -0.3 is 14.7 Å². The minimum absolute atomic E-state index is 0.322. The third-order valence-electron chi connectivity index (χ3n) is 0.806. The molecule has 0 aromatic rings. The van der Waals surface area contributed by atoms with Crippen LogP contribution in [0.25, 0.3) is 0 Å². The Kier molecular flexibility index (Phi) is 3.27. The minimum atomic E-state index is -4.09. The fourth-order valence-electron chi connectivity index (χ4n) is 0.316. The summed E-state index contributed by atoms with van der Waals surface area (Å²) in [6.45, 7) is 1.07. The van der Waals surface area contributed by atoms with E-state index in [1.165, 1.54) is 0 Å². The van der Waals surface area contributed by atoms with Gasteiger partial charge in [0.25, 0.3) is 0 Å². The average Bonchev–Trinajstić information content (AvgIpc) is 1.57. The Morgan fingerprint density at radius 1 is 1.10 bits per heavy atom. The highest BCUT2D eigenvalue weighted by atomic mass is 31.2. The van der Waals surface area contributed by atoms with Crippen LogP contribution >= 0.6 is 15.0 Å². The molecule has 62 valence electrons. The fraction of sp³-hybridized carbons (Fsp3) is 1.00. The normalized spacial score (nSPS) is 18.4. The van der Waals surface area contributed by atoms with E-state index < -0.39 is 21.1 Å². The lowest BCUT2D eigenvalue weighted by Crippen LogP contribution is -1.95. The number of hydrogen-bond acceptors (Lipinski definition) is 2. The van der Waals surface area contributed by atoms with Gasteiger partial charge in [0, 0.05) is 12.8 Å². The molecule has 1 atom stereocenters. The summed E-state index contributed by atoms with van der Waals surface area (Å²) in [5, 5.41) is 0. The molecule has 0 heterocycles. The highest BCUT2D eigenvalue weighted by Gasteiger charge is 2.18. The maximum Gasteiger partial charge on any atom is 0.326 e. The Bertz CT molecular complexity index is 165. The summed E-state index contributed by atoms with van der Waals surface area (Å²) in [7, 11) is -7.35. The number of hydrogen-bond donors (Lipinski definition) is 3. The molecule has 0 saturated heterocycles. The maximum absolute atomic E-state index is 10.5. The first kappa shape index (κ1) is 10.3. The third kappa shape index (κ3) is 8.34. The van der Waals surface area contributed by atoms with E-state index in [4.69, 9.17) is 14.7 Å². The Hall–Kier alpha value is 0.340. The predicted molar refractivity (Wildman–Crippen MR) is 37.5 cm³/mol. The van der Waals surface area contributed by atoms with Crippen molar-refractivity contribution in [2.24, 2.45) is 0 Å². The first-order valence-electron chi connectivity index (χ1n) is 2.54. The molecule has 0 aliphatic rings. The van der Waals surface area contributed by atoms with Gasteiger partial charge in [0.2, 0.25) is 0 Å². The van der Waals surface area contributed by atoms with E-state index in [1.54, 1.807) is 0 Å². The van der Waals surface area contributed by atoms with Crippen molar-refractivity contribution in [3.8, 4) is 0 Å². The first-order valence-corrected chi connectivity index (χ1v) is 6.63. The second kappa shape index (κ2) is 3.16. The maximum atomic E-state index is 10.5. The zero-order chi connectivity index (χ0) is 8.41. The lowest BCUT2D eigenvalue weighted by atomic mass is 11.0. The van der Waals surface area contributed by atoms with E-state index >= 15 is 0 Å². The van der Waals surface area contributed by atoms with Crippen LogP contribution in [0.15, 0.2) is 0 Å². The van der Waals surface area contributed by atoms with E-state index in [9.17, 15) is 9.13 Å². The highest BCUT2D eigenvalue weighted by molar-refractivity contribution is 7.59. The summed E-state index contributed by atoms with van der Waals surface area (Å²) in [6.07, 6.45) is -0.839. The third-order valence-corrected chi connectivity index (χ3v) is 3.02. The summed E-state index contributed by atoms with van der Waals surface area (Å²) < 4.78 is 20.6. The van der Waals surface area contributed by atoms with Crippen LogP contribution in [0.2, 0.25) is 0 Å². The largest absolute Gasteiger partial charge is 0.344 e. The molecule has 5 nitrogen and oxygen atoms in total. The molecular formula is C3H10O5P2. The topological polar surface area (TPSA) is 94.8 Å². The molecule has 0 amide bonds. The molecule has 0 spiro atoms. The molecular weight excluding hydrogens is 178 g/mol. The van der Waals surface area contributed by atoms with E-state index in [0.29, 0.717) is 0 Å². The van der Waals surface area contributed by atoms with Crippen molar-refractivity contribution in [3.05, 3.63) is 0 Å². The Balaban J connectivity index is 3.79. The zero-order valence-corrected chi connectivity index (χ0v) is 7.26. The van der Waals surface area contributed by atoms with Crippen molar-refractivity contribution in [3.63, 3.8) is 0 Å². The van der Waals surface area contributed by atoms with E-state index in [2.05, 4.69) is 0 Å². The van der Waals surface area contributed by atoms with Crippen molar-refractivity contribution in [1.29, 1.82) is 0 Å². The van der Waals surface area contributed by atoms with Gasteiger partial charge in [0.15, 0.2) is 7.37 Å². The van der Waals surface area contributed by atoms with Gasteiger partial charge in [0.05, 0.1) is 6.16 Å². The standard InChI is InChI=1S/C3H10O5P2/c1-9(4,5)2-3-10(6,7)8/h2-3H2,1H3,(H,4,5)(H2,6,7,8). The van der Waals surface area contributed by atoms with Gasteiger partial charge in [-0.05, 0) is 0 Å². The Morgan fingerprint density at radius 2 is 1.50 bits per heavy atom. The lowest BCUT2D eigenvalue weighted by molar-refractivity contribution is 0.373. The molecule has 1 unspecified atom stereocenters. The van der Waals surface area contributed by atoms with Crippen LogP contribution < -0.4 is 0 Å². The fourth-order valence-corrected chi connectivity index (χ4v) is 2.84. The van der Waals surface area contributed by atoms with Crippen molar-refractivity contribution in [2.75, 3.05) is 19.0 Å². The molecule has 0 aliphatic carbocycles. The summed E-state index contributed by atoms with van der Waals surface area (Å²) in [4.78, 5) is 25.1. The van der Waals surface area contributed by atoms with Crippen molar-refractivity contribution in [2.45, 2.75) is 0 Å². The molecule has 0 aromatic carbocycles. The summed E-state index contributed by atoms with van der Waals surface area (Å²) >= 11 is 0. The zero-order valence-electron chi connectivity index (χ0n) is 5.47. The quantitative estimate of drug-likeness (QED) is 0.544. The number of rotatable bonds is 3. The minimum Gasteiger partial charge on any atom is -0.344 e. The molecule has 0 saturated carbocycles. The van der Waals surface area contributed by atoms with Crippen LogP contribution in [0.5, 0.6) is 0 Å².